The predicted molar refractivity (Wildman–Crippen MR) is 117 cm³/mol. The van der Waals surface area contributed by atoms with Crippen LogP contribution in [-0.4, -0.2) is 48.9 Å². The van der Waals surface area contributed by atoms with Crippen LogP contribution >= 0.6 is 0 Å². The summed E-state index contributed by atoms with van der Waals surface area (Å²) in [7, 11) is 0. The Hall–Kier alpha value is -3.56. The Balaban J connectivity index is 1.39. The number of alkyl halides is 3. The van der Waals surface area contributed by atoms with Gasteiger partial charge in [-0.3, -0.25) is 9.59 Å². The number of rotatable bonds is 10. The first-order valence-corrected chi connectivity index (χ1v) is 10.8. The van der Waals surface area contributed by atoms with Crippen molar-refractivity contribution in [2.75, 3.05) is 19.7 Å². The van der Waals surface area contributed by atoms with E-state index >= 15 is 0 Å². The summed E-state index contributed by atoms with van der Waals surface area (Å²) < 4.78 is 43.8. The van der Waals surface area contributed by atoms with Crippen LogP contribution in [0.1, 0.15) is 36.3 Å². The SMILES string of the molecule is O=C(O)CC(CCNC(=O)CCNC(=O)OCC1c2ccccc2-c2ccccc21)C(F)(F)F. The highest BCUT2D eigenvalue weighted by atomic mass is 19.4. The number of ether oxygens (including phenoxy) is 1. The maximum absolute atomic E-state index is 12.8. The molecule has 0 saturated heterocycles. The Morgan fingerprint density at radius 3 is 2.09 bits per heavy atom. The van der Waals surface area contributed by atoms with Gasteiger partial charge in [0.1, 0.15) is 6.61 Å². The third-order valence-electron chi connectivity index (χ3n) is 5.66. The summed E-state index contributed by atoms with van der Waals surface area (Å²) >= 11 is 0. The Bertz CT molecular complexity index is 996. The van der Waals surface area contributed by atoms with E-state index in [4.69, 9.17) is 9.84 Å². The lowest BCUT2D eigenvalue weighted by molar-refractivity contribution is -0.184. The van der Waals surface area contributed by atoms with E-state index in [-0.39, 0.29) is 32.0 Å². The van der Waals surface area contributed by atoms with Crippen LogP contribution < -0.4 is 10.6 Å². The van der Waals surface area contributed by atoms with Gasteiger partial charge >= 0.3 is 18.2 Å². The van der Waals surface area contributed by atoms with Gasteiger partial charge in [0, 0.05) is 25.4 Å². The number of hydrogen-bond acceptors (Lipinski definition) is 4. The standard InChI is InChI=1S/C24H25F3N2O5/c25-24(26,27)15(13-22(31)32)9-11-28-21(30)10-12-29-23(33)34-14-20-18-7-3-1-5-16(18)17-6-2-4-8-19(17)20/h1-8,15,20H,9-14H2,(H,28,30)(H,29,33)(H,31,32). The second kappa shape index (κ2) is 11.0. The van der Waals surface area contributed by atoms with Crippen LogP contribution in [0.4, 0.5) is 18.0 Å². The first-order valence-electron chi connectivity index (χ1n) is 10.8. The molecule has 1 aliphatic carbocycles. The van der Waals surface area contributed by atoms with Gasteiger partial charge in [-0.2, -0.15) is 13.2 Å². The fraction of sp³-hybridized carbons (Fsp3) is 0.375. The lowest BCUT2D eigenvalue weighted by Gasteiger charge is -2.18. The number of carbonyl (C=O) groups is 3. The van der Waals surface area contributed by atoms with Crippen LogP contribution in [0.15, 0.2) is 48.5 Å². The topological polar surface area (TPSA) is 105 Å². The Morgan fingerprint density at radius 1 is 0.941 bits per heavy atom. The summed E-state index contributed by atoms with van der Waals surface area (Å²) in [6.45, 7) is -0.254. The lowest BCUT2D eigenvalue weighted by Crippen LogP contribution is -2.34. The molecule has 0 bridgehead atoms. The van der Waals surface area contributed by atoms with Crippen LogP contribution in [0.3, 0.4) is 0 Å². The smallest absolute Gasteiger partial charge is 0.407 e. The van der Waals surface area contributed by atoms with Gasteiger partial charge < -0.3 is 20.5 Å². The lowest BCUT2D eigenvalue weighted by atomic mass is 9.98. The molecule has 0 aliphatic heterocycles. The second-order valence-corrected chi connectivity index (χ2v) is 7.98. The molecule has 1 unspecified atom stereocenters. The van der Waals surface area contributed by atoms with E-state index < -0.39 is 42.9 Å². The molecule has 3 rings (SSSR count). The third-order valence-corrected chi connectivity index (χ3v) is 5.66. The van der Waals surface area contributed by atoms with E-state index in [9.17, 15) is 27.6 Å². The third kappa shape index (κ3) is 6.49. The van der Waals surface area contributed by atoms with Crippen molar-refractivity contribution in [2.24, 2.45) is 5.92 Å². The van der Waals surface area contributed by atoms with Crippen molar-refractivity contribution < 1.29 is 37.4 Å². The predicted octanol–water partition coefficient (Wildman–Crippen LogP) is 4.07. The monoisotopic (exact) mass is 478 g/mol. The number of carbonyl (C=O) groups excluding carboxylic acids is 2. The molecule has 0 aromatic heterocycles. The summed E-state index contributed by atoms with van der Waals surface area (Å²) in [5.74, 6) is -4.26. The van der Waals surface area contributed by atoms with Crippen molar-refractivity contribution in [3.63, 3.8) is 0 Å². The largest absolute Gasteiger partial charge is 0.481 e. The molecular weight excluding hydrogens is 453 g/mol. The molecule has 0 heterocycles. The highest BCUT2D eigenvalue weighted by molar-refractivity contribution is 5.79. The van der Waals surface area contributed by atoms with Crippen LogP contribution in [0, 0.1) is 5.92 Å². The Kier molecular flexibility index (Phi) is 8.14. The molecule has 7 nitrogen and oxygen atoms in total. The summed E-state index contributed by atoms with van der Waals surface area (Å²) in [5.41, 5.74) is 4.33. The first-order chi connectivity index (χ1) is 16.2. The average molecular weight is 478 g/mol. The van der Waals surface area contributed by atoms with Crippen molar-refractivity contribution in [1.82, 2.24) is 10.6 Å². The zero-order valence-corrected chi connectivity index (χ0v) is 18.2. The van der Waals surface area contributed by atoms with Crippen LogP contribution in [0.25, 0.3) is 11.1 Å². The Morgan fingerprint density at radius 2 is 1.53 bits per heavy atom. The number of hydrogen-bond donors (Lipinski definition) is 3. The molecule has 2 aromatic rings. The number of nitrogens with one attached hydrogen (secondary N) is 2. The van der Waals surface area contributed by atoms with Gasteiger partial charge in [-0.25, -0.2) is 4.79 Å². The highest BCUT2D eigenvalue weighted by Gasteiger charge is 2.40. The molecule has 3 N–H and O–H groups in total. The maximum Gasteiger partial charge on any atom is 0.407 e. The number of carboxylic acid groups (broad SMARTS) is 1. The number of carboxylic acids is 1. The fourth-order valence-electron chi connectivity index (χ4n) is 3.99. The molecule has 182 valence electrons. The minimum Gasteiger partial charge on any atom is -0.481 e. The molecule has 0 saturated carbocycles. The highest BCUT2D eigenvalue weighted by Crippen LogP contribution is 2.44. The van der Waals surface area contributed by atoms with E-state index in [0.717, 1.165) is 22.3 Å². The van der Waals surface area contributed by atoms with Gasteiger partial charge in [0.15, 0.2) is 0 Å². The van der Waals surface area contributed by atoms with Gasteiger partial charge in [0.2, 0.25) is 5.91 Å². The molecule has 1 atom stereocenters. The van der Waals surface area contributed by atoms with Crippen molar-refractivity contribution in [1.29, 1.82) is 0 Å². The zero-order chi connectivity index (χ0) is 24.7. The van der Waals surface area contributed by atoms with Crippen LogP contribution in [0.2, 0.25) is 0 Å². The summed E-state index contributed by atoms with van der Waals surface area (Å²) in [5, 5.41) is 13.4. The average Bonchev–Trinajstić information content (AvgIpc) is 3.10. The van der Waals surface area contributed by atoms with Gasteiger partial charge in [0.25, 0.3) is 0 Å². The van der Waals surface area contributed by atoms with Gasteiger partial charge in [0.05, 0.1) is 12.3 Å². The summed E-state index contributed by atoms with van der Waals surface area (Å²) in [4.78, 5) is 34.5. The molecule has 34 heavy (non-hydrogen) atoms. The van der Waals surface area contributed by atoms with Gasteiger partial charge in [-0.15, -0.1) is 0 Å². The number of alkyl carbamates (subject to hydrolysis) is 1. The Labute approximate surface area is 194 Å². The van der Waals surface area contributed by atoms with E-state index in [1.54, 1.807) is 0 Å². The summed E-state index contributed by atoms with van der Waals surface area (Å²) in [6.07, 6.45) is -7.10. The van der Waals surface area contributed by atoms with Gasteiger partial charge in [-0.05, 0) is 28.7 Å². The second-order valence-electron chi connectivity index (χ2n) is 7.98. The molecular formula is C24H25F3N2O5. The molecule has 10 heteroatoms. The number of benzene rings is 2. The van der Waals surface area contributed by atoms with E-state index in [1.807, 2.05) is 48.5 Å². The molecule has 2 aromatic carbocycles. The van der Waals surface area contributed by atoms with E-state index in [0.29, 0.717) is 0 Å². The van der Waals surface area contributed by atoms with Crippen molar-refractivity contribution in [2.45, 2.75) is 31.4 Å². The first kappa shape index (κ1) is 25.1. The van der Waals surface area contributed by atoms with Crippen molar-refractivity contribution in [3.05, 3.63) is 59.7 Å². The fourth-order valence-corrected chi connectivity index (χ4v) is 3.99. The quantitative estimate of drug-likeness (QED) is 0.478. The summed E-state index contributed by atoms with van der Waals surface area (Å²) in [6, 6.07) is 15.8. The van der Waals surface area contributed by atoms with Gasteiger partial charge in [-0.1, -0.05) is 48.5 Å². The van der Waals surface area contributed by atoms with Crippen molar-refractivity contribution >= 4 is 18.0 Å². The molecule has 0 radical (unpaired) electrons. The molecule has 1 aliphatic rings. The van der Waals surface area contributed by atoms with E-state index in [2.05, 4.69) is 10.6 Å². The van der Waals surface area contributed by atoms with Crippen molar-refractivity contribution in [3.8, 4) is 11.1 Å². The van der Waals surface area contributed by atoms with E-state index in [1.165, 1.54) is 0 Å². The molecule has 0 spiro atoms. The van der Waals surface area contributed by atoms with Crippen LogP contribution in [-0.2, 0) is 14.3 Å². The number of aliphatic carboxylic acids is 1. The minimum atomic E-state index is -4.66. The zero-order valence-electron chi connectivity index (χ0n) is 18.2. The maximum atomic E-state index is 12.8. The minimum absolute atomic E-state index is 0.0552. The molecule has 0 fully saturated rings. The number of halogens is 3. The number of amides is 2. The van der Waals surface area contributed by atoms with Crippen LogP contribution in [0.5, 0.6) is 0 Å². The molecule has 2 amide bonds. The number of fused-ring (bicyclic) bond motifs is 3. The normalized spacial score (nSPS) is 13.5.